The Bertz CT molecular complexity index is 830. The zero-order valence-corrected chi connectivity index (χ0v) is 15.0. The average Bonchev–Trinajstić information content (AvgIpc) is 3.34. The third-order valence-corrected chi connectivity index (χ3v) is 6.79. The van der Waals surface area contributed by atoms with E-state index in [0.29, 0.717) is 49.4 Å². The largest absolute Gasteiger partial charge is 0.451 e. The van der Waals surface area contributed by atoms with Gasteiger partial charge in [0.2, 0.25) is 11.0 Å². The number of rotatable bonds is 4. The van der Waals surface area contributed by atoms with Gasteiger partial charge in [-0.1, -0.05) is 12.8 Å². The Morgan fingerprint density at radius 1 is 1.12 bits per heavy atom. The van der Waals surface area contributed by atoms with Gasteiger partial charge >= 0.3 is 0 Å². The summed E-state index contributed by atoms with van der Waals surface area (Å²) in [6.07, 6.45) is 5.87. The number of aromatic nitrogens is 2. The lowest BCUT2D eigenvalue weighted by Crippen LogP contribution is -2.46. The van der Waals surface area contributed by atoms with Crippen LogP contribution in [0.15, 0.2) is 26.3 Å². The maximum Gasteiger partial charge on any atom is 0.276 e. The molecule has 2 aromatic heterocycles. The summed E-state index contributed by atoms with van der Waals surface area (Å²) in [6.45, 7) is 2.34. The molecule has 0 amide bonds. The molecule has 4 rings (SSSR count). The molecule has 0 bridgehead atoms. The molecular formula is C16H22N4O4S. The summed E-state index contributed by atoms with van der Waals surface area (Å²) in [5, 5.41) is 8.10. The molecule has 8 nitrogen and oxygen atoms in total. The minimum absolute atomic E-state index is 0.0762. The molecule has 25 heavy (non-hydrogen) atoms. The first-order valence-corrected chi connectivity index (χ1v) is 10.1. The summed E-state index contributed by atoms with van der Waals surface area (Å²) >= 11 is 0. The lowest BCUT2D eigenvalue weighted by Gasteiger charge is -2.30. The summed E-state index contributed by atoms with van der Waals surface area (Å²) in [5.74, 6) is 1.27. The van der Waals surface area contributed by atoms with Crippen LogP contribution in [0.1, 0.15) is 37.5 Å². The van der Waals surface area contributed by atoms with Gasteiger partial charge < -0.3 is 13.7 Å². The third kappa shape index (κ3) is 3.23. The van der Waals surface area contributed by atoms with E-state index >= 15 is 0 Å². The Labute approximate surface area is 146 Å². The number of likely N-dealkylation sites (N-methyl/N-ethyl adjacent to an activating group) is 1. The van der Waals surface area contributed by atoms with E-state index in [9.17, 15) is 8.42 Å². The molecule has 1 aliphatic carbocycles. The highest BCUT2D eigenvalue weighted by molar-refractivity contribution is 7.89. The molecule has 2 fully saturated rings. The van der Waals surface area contributed by atoms with Gasteiger partial charge in [-0.3, -0.25) is 0 Å². The van der Waals surface area contributed by atoms with Crippen LogP contribution in [-0.2, 0) is 10.0 Å². The van der Waals surface area contributed by atoms with Crippen molar-refractivity contribution in [2.24, 2.45) is 0 Å². The van der Waals surface area contributed by atoms with E-state index < -0.39 is 10.0 Å². The first kappa shape index (κ1) is 16.7. The standard InChI is InChI=1S/C16H22N4O4S/c1-19-6-8-20(9-7-19)25(21,22)14-10-13(11-23-14)16-18-17-15(24-16)12-4-2-3-5-12/h10-12H,2-9H2,1H3. The third-order valence-electron chi connectivity index (χ3n) is 5.02. The summed E-state index contributed by atoms with van der Waals surface area (Å²) in [7, 11) is -1.65. The Kier molecular flexibility index (Phi) is 4.38. The number of hydrogen-bond donors (Lipinski definition) is 0. The van der Waals surface area contributed by atoms with Gasteiger partial charge in [0.1, 0.15) is 6.26 Å². The van der Waals surface area contributed by atoms with Crippen molar-refractivity contribution in [1.29, 1.82) is 0 Å². The minimum atomic E-state index is -3.63. The zero-order chi connectivity index (χ0) is 17.4. The summed E-state index contributed by atoms with van der Waals surface area (Å²) in [6, 6.07) is 1.47. The van der Waals surface area contributed by atoms with Gasteiger partial charge in [-0.25, -0.2) is 8.42 Å². The zero-order valence-electron chi connectivity index (χ0n) is 14.2. The molecule has 0 atom stereocenters. The fraction of sp³-hybridized carbons (Fsp3) is 0.625. The van der Waals surface area contributed by atoms with Gasteiger partial charge in [-0.2, -0.15) is 4.31 Å². The molecule has 0 radical (unpaired) electrons. The van der Waals surface area contributed by atoms with E-state index in [-0.39, 0.29) is 5.09 Å². The van der Waals surface area contributed by atoms with Crippen LogP contribution in [-0.4, -0.2) is 61.0 Å². The SMILES string of the molecule is CN1CCN(S(=O)(=O)c2cc(-c3nnc(C4CCCC4)o3)co2)CC1. The molecule has 3 heterocycles. The number of nitrogens with zero attached hydrogens (tertiary/aromatic N) is 4. The lowest BCUT2D eigenvalue weighted by atomic mass is 10.1. The van der Waals surface area contributed by atoms with Crippen molar-refractivity contribution in [2.75, 3.05) is 33.2 Å². The second kappa shape index (κ2) is 6.54. The summed E-state index contributed by atoms with van der Waals surface area (Å²) < 4.78 is 37.9. The lowest BCUT2D eigenvalue weighted by molar-refractivity contribution is 0.219. The molecule has 0 aromatic carbocycles. The molecule has 1 saturated carbocycles. The molecule has 0 spiro atoms. The van der Waals surface area contributed by atoms with Crippen molar-refractivity contribution in [3.05, 3.63) is 18.2 Å². The molecular weight excluding hydrogens is 344 g/mol. The van der Waals surface area contributed by atoms with Gasteiger partial charge in [-0.05, 0) is 19.9 Å². The minimum Gasteiger partial charge on any atom is -0.451 e. The molecule has 136 valence electrons. The molecule has 9 heteroatoms. The number of hydrogen-bond acceptors (Lipinski definition) is 7. The van der Waals surface area contributed by atoms with Crippen LogP contribution in [0.25, 0.3) is 11.5 Å². The molecule has 2 aromatic rings. The second-order valence-electron chi connectivity index (χ2n) is 6.79. The second-order valence-corrected chi connectivity index (χ2v) is 8.66. The molecule has 0 N–H and O–H groups in total. The predicted molar refractivity (Wildman–Crippen MR) is 89.5 cm³/mol. The first-order chi connectivity index (χ1) is 12.0. The van der Waals surface area contributed by atoms with E-state index in [1.54, 1.807) is 0 Å². The smallest absolute Gasteiger partial charge is 0.276 e. The Morgan fingerprint density at radius 3 is 2.56 bits per heavy atom. The highest BCUT2D eigenvalue weighted by Crippen LogP contribution is 2.35. The van der Waals surface area contributed by atoms with Gasteiger partial charge in [0, 0.05) is 38.2 Å². The van der Waals surface area contributed by atoms with Crippen molar-refractivity contribution >= 4 is 10.0 Å². The van der Waals surface area contributed by atoms with Crippen molar-refractivity contribution < 1.29 is 17.3 Å². The van der Waals surface area contributed by atoms with Gasteiger partial charge in [-0.15, -0.1) is 10.2 Å². The van der Waals surface area contributed by atoms with Gasteiger partial charge in [0.25, 0.3) is 15.9 Å². The molecule has 1 aliphatic heterocycles. The van der Waals surface area contributed by atoms with E-state index in [0.717, 1.165) is 12.8 Å². The van der Waals surface area contributed by atoms with Crippen LogP contribution in [0.2, 0.25) is 0 Å². The quantitative estimate of drug-likeness (QED) is 0.816. The monoisotopic (exact) mass is 366 g/mol. The first-order valence-electron chi connectivity index (χ1n) is 8.65. The van der Waals surface area contributed by atoms with Crippen molar-refractivity contribution in [1.82, 2.24) is 19.4 Å². The van der Waals surface area contributed by atoms with Crippen LogP contribution in [0.4, 0.5) is 0 Å². The topological polar surface area (TPSA) is 92.7 Å². The highest BCUT2D eigenvalue weighted by atomic mass is 32.2. The van der Waals surface area contributed by atoms with Gasteiger partial charge in [0.05, 0.1) is 5.56 Å². The Balaban J connectivity index is 1.53. The van der Waals surface area contributed by atoms with E-state index in [4.69, 9.17) is 8.83 Å². The van der Waals surface area contributed by atoms with E-state index in [1.165, 1.54) is 29.5 Å². The molecule has 0 unspecified atom stereocenters. The summed E-state index contributed by atoms with van der Waals surface area (Å²) in [5.41, 5.74) is 0.504. The number of piperazine rings is 1. The Morgan fingerprint density at radius 2 is 1.84 bits per heavy atom. The average molecular weight is 366 g/mol. The molecule has 1 saturated heterocycles. The number of furan rings is 1. The normalized spacial score (nSPS) is 21.2. The maximum absolute atomic E-state index is 12.7. The predicted octanol–water partition coefficient (Wildman–Crippen LogP) is 1.92. The molecule has 2 aliphatic rings. The van der Waals surface area contributed by atoms with Crippen LogP contribution in [0.3, 0.4) is 0 Å². The van der Waals surface area contributed by atoms with E-state index in [2.05, 4.69) is 15.1 Å². The van der Waals surface area contributed by atoms with Crippen LogP contribution in [0, 0.1) is 0 Å². The van der Waals surface area contributed by atoms with Crippen molar-refractivity contribution in [3.8, 4) is 11.5 Å². The van der Waals surface area contributed by atoms with Crippen LogP contribution < -0.4 is 0 Å². The summed E-state index contributed by atoms with van der Waals surface area (Å²) in [4.78, 5) is 2.10. The van der Waals surface area contributed by atoms with Crippen LogP contribution in [0.5, 0.6) is 0 Å². The van der Waals surface area contributed by atoms with Gasteiger partial charge in [0.15, 0.2) is 0 Å². The fourth-order valence-electron chi connectivity index (χ4n) is 3.41. The Hall–Kier alpha value is -1.71. The number of sulfonamides is 1. The highest BCUT2D eigenvalue weighted by Gasteiger charge is 2.31. The van der Waals surface area contributed by atoms with Crippen LogP contribution >= 0.6 is 0 Å². The van der Waals surface area contributed by atoms with Crippen molar-refractivity contribution in [2.45, 2.75) is 36.7 Å². The van der Waals surface area contributed by atoms with E-state index in [1.807, 2.05) is 7.05 Å². The fourth-order valence-corrected chi connectivity index (χ4v) is 4.75. The maximum atomic E-state index is 12.7. The van der Waals surface area contributed by atoms with Crippen molar-refractivity contribution in [3.63, 3.8) is 0 Å².